The summed E-state index contributed by atoms with van der Waals surface area (Å²) in [6.45, 7) is 2.90. The zero-order chi connectivity index (χ0) is 21.4. The lowest BCUT2D eigenvalue weighted by atomic mass is 9.83. The molecular formula is C22H23N3O4S. The molecule has 2 aliphatic rings. The Balaban J connectivity index is 1.42. The molecule has 3 heterocycles. The average molecular weight is 426 g/mol. The van der Waals surface area contributed by atoms with Crippen molar-refractivity contribution in [2.24, 2.45) is 5.92 Å². The van der Waals surface area contributed by atoms with E-state index in [-0.39, 0.29) is 30.7 Å². The van der Waals surface area contributed by atoms with Crippen molar-refractivity contribution >= 4 is 15.7 Å². The summed E-state index contributed by atoms with van der Waals surface area (Å²) in [5, 5.41) is 9.03. The zero-order valence-electron chi connectivity index (χ0n) is 16.7. The molecule has 8 heteroatoms. The molecule has 2 saturated heterocycles. The fraction of sp³-hybridized carbons (Fsp3) is 0.409. The molecule has 2 fully saturated rings. The van der Waals surface area contributed by atoms with Gasteiger partial charge in [0.25, 0.3) is 5.91 Å². The van der Waals surface area contributed by atoms with E-state index in [9.17, 15) is 13.2 Å². The number of likely N-dealkylation sites (tertiary alicyclic amines) is 1. The van der Waals surface area contributed by atoms with Crippen LogP contribution in [-0.2, 0) is 21.2 Å². The number of hydrogen-bond acceptors (Lipinski definition) is 6. The highest BCUT2D eigenvalue weighted by Gasteiger charge is 2.62. The van der Waals surface area contributed by atoms with Crippen molar-refractivity contribution in [1.29, 1.82) is 5.26 Å². The molecule has 0 unspecified atom stereocenters. The van der Waals surface area contributed by atoms with Crippen molar-refractivity contribution in [3.63, 3.8) is 0 Å². The van der Waals surface area contributed by atoms with E-state index >= 15 is 0 Å². The quantitative estimate of drug-likeness (QED) is 0.727. The van der Waals surface area contributed by atoms with Gasteiger partial charge in [0.1, 0.15) is 4.75 Å². The number of aromatic nitrogens is 1. The molecule has 1 spiro atoms. The number of aryl methyl sites for hydroxylation is 1. The molecule has 4 rings (SSSR count). The predicted octanol–water partition coefficient (Wildman–Crippen LogP) is 2.11. The van der Waals surface area contributed by atoms with Gasteiger partial charge in [0.2, 0.25) is 0 Å². The van der Waals surface area contributed by atoms with E-state index in [1.165, 1.54) is 6.07 Å². The van der Waals surface area contributed by atoms with Crippen LogP contribution in [0.15, 0.2) is 42.5 Å². The molecule has 2 aromatic rings. The molecule has 1 aromatic carbocycles. The van der Waals surface area contributed by atoms with Crippen LogP contribution in [0.5, 0.6) is 0 Å². The van der Waals surface area contributed by atoms with E-state index in [0.29, 0.717) is 30.8 Å². The Morgan fingerprint density at radius 2 is 2.07 bits per heavy atom. The van der Waals surface area contributed by atoms with Gasteiger partial charge >= 0.3 is 0 Å². The minimum Gasteiger partial charge on any atom is -0.375 e. The molecule has 2 aliphatic heterocycles. The number of pyridine rings is 1. The van der Waals surface area contributed by atoms with Crippen LogP contribution in [0.2, 0.25) is 0 Å². The lowest BCUT2D eigenvalue weighted by molar-refractivity contribution is 0.0204. The third kappa shape index (κ3) is 3.59. The van der Waals surface area contributed by atoms with Gasteiger partial charge in [-0.15, -0.1) is 0 Å². The summed E-state index contributed by atoms with van der Waals surface area (Å²) in [4.78, 5) is 18.7. The molecule has 0 aliphatic carbocycles. The molecule has 1 aromatic heterocycles. The minimum absolute atomic E-state index is 0.121. The number of hydrogen-bond donors (Lipinski definition) is 0. The SMILES string of the molecule is Cc1cccc(COC[C@@H]2CCS(=O)(=O)C23CN(C(=O)c2cccc(C#N)c2)C3)n1. The Kier molecular flexibility index (Phi) is 5.35. The van der Waals surface area contributed by atoms with E-state index in [2.05, 4.69) is 4.98 Å². The second kappa shape index (κ2) is 7.82. The summed E-state index contributed by atoms with van der Waals surface area (Å²) in [5.74, 6) is -0.277. The summed E-state index contributed by atoms with van der Waals surface area (Å²) < 4.78 is 30.5. The van der Waals surface area contributed by atoms with Crippen molar-refractivity contribution in [1.82, 2.24) is 9.88 Å². The Labute approximate surface area is 176 Å². The van der Waals surface area contributed by atoms with Crippen molar-refractivity contribution in [2.45, 2.75) is 24.7 Å². The van der Waals surface area contributed by atoms with Crippen molar-refractivity contribution in [3.8, 4) is 6.07 Å². The maximum Gasteiger partial charge on any atom is 0.253 e. The van der Waals surface area contributed by atoms with Crippen molar-refractivity contribution in [3.05, 3.63) is 65.0 Å². The maximum atomic E-state index is 12.8. The van der Waals surface area contributed by atoms with E-state index in [1.807, 2.05) is 31.2 Å². The molecular weight excluding hydrogens is 402 g/mol. The van der Waals surface area contributed by atoms with Crippen LogP contribution in [0.1, 0.15) is 33.7 Å². The lowest BCUT2D eigenvalue weighted by Crippen LogP contribution is -2.68. The molecule has 30 heavy (non-hydrogen) atoms. The fourth-order valence-electron chi connectivity index (χ4n) is 4.34. The predicted molar refractivity (Wildman–Crippen MR) is 110 cm³/mol. The standard InChI is InChI=1S/C22H23N3O4S/c1-16-4-2-7-20(24-16)13-29-12-19-8-9-30(27,28)22(19)14-25(15-22)21(26)18-6-3-5-17(10-18)11-23/h2-7,10,19H,8-9,12-15H2,1H3/t19-/m0/s1. The molecule has 0 bridgehead atoms. The number of carbonyl (C=O) groups excluding carboxylic acids is 1. The van der Waals surface area contributed by atoms with E-state index < -0.39 is 14.6 Å². The van der Waals surface area contributed by atoms with Crippen LogP contribution in [-0.4, -0.2) is 54.4 Å². The summed E-state index contributed by atoms with van der Waals surface area (Å²) in [5.41, 5.74) is 2.52. The summed E-state index contributed by atoms with van der Waals surface area (Å²) in [6.07, 6.45) is 0.537. The molecule has 7 nitrogen and oxygen atoms in total. The van der Waals surface area contributed by atoms with Gasteiger partial charge in [-0.05, 0) is 43.7 Å². The first-order valence-corrected chi connectivity index (χ1v) is 11.5. The van der Waals surface area contributed by atoms with E-state index in [4.69, 9.17) is 10.00 Å². The topological polar surface area (TPSA) is 100 Å². The first kappa shape index (κ1) is 20.5. The fourth-order valence-corrected chi connectivity index (χ4v) is 6.74. The minimum atomic E-state index is -3.30. The summed E-state index contributed by atoms with van der Waals surface area (Å²) in [7, 11) is -3.30. The van der Waals surface area contributed by atoms with Crippen LogP contribution in [0.3, 0.4) is 0 Å². The first-order chi connectivity index (χ1) is 14.3. The van der Waals surface area contributed by atoms with Gasteiger partial charge in [-0.3, -0.25) is 9.78 Å². The van der Waals surface area contributed by atoms with Crippen LogP contribution in [0, 0.1) is 24.2 Å². The Morgan fingerprint density at radius 1 is 1.30 bits per heavy atom. The third-order valence-electron chi connectivity index (χ3n) is 6.06. The number of ether oxygens (including phenoxy) is 1. The highest BCUT2D eigenvalue weighted by molar-refractivity contribution is 7.93. The van der Waals surface area contributed by atoms with Crippen LogP contribution < -0.4 is 0 Å². The van der Waals surface area contributed by atoms with Gasteiger partial charge in [0.05, 0.1) is 36.3 Å². The molecule has 156 valence electrons. The number of rotatable bonds is 5. The maximum absolute atomic E-state index is 12.8. The number of amides is 1. The summed E-state index contributed by atoms with van der Waals surface area (Å²) >= 11 is 0. The normalized spacial score (nSPS) is 21.2. The van der Waals surface area contributed by atoms with Crippen LogP contribution >= 0.6 is 0 Å². The number of benzene rings is 1. The largest absolute Gasteiger partial charge is 0.375 e. The number of sulfone groups is 1. The molecule has 0 radical (unpaired) electrons. The van der Waals surface area contributed by atoms with Crippen LogP contribution in [0.25, 0.3) is 0 Å². The van der Waals surface area contributed by atoms with Crippen molar-refractivity contribution < 1.29 is 17.9 Å². The Hall–Kier alpha value is -2.76. The van der Waals surface area contributed by atoms with Gasteiger partial charge in [0, 0.05) is 30.3 Å². The Bertz CT molecular complexity index is 1120. The second-order valence-corrected chi connectivity index (χ2v) is 10.5. The molecule has 0 N–H and O–H groups in total. The molecule has 1 amide bonds. The summed E-state index contributed by atoms with van der Waals surface area (Å²) in [6, 6.07) is 14.2. The van der Waals surface area contributed by atoms with E-state index in [0.717, 1.165) is 11.4 Å². The van der Waals surface area contributed by atoms with Crippen molar-refractivity contribution in [2.75, 3.05) is 25.4 Å². The smallest absolute Gasteiger partial charge is 0.253 e. The second-order valence-electron chi connectivity index (χ2n) is 8.01. The number of nitriles is 1. The highest BCUT2D eigenvalue weighted by Crippen LogP contribution is 2.45. The van der Waals surface area contributed by atoms with Gasteiger partial charge in [-0.1, -0.05) is 12.1 Å². The number of nitrogens with zero attached hydrogens (tertiary/aromatic N) is 3. The van der Waals surface area contributed by atoms with Gasteiger partial charge < -0.3 is 9.64 Å². The van der Waals surface area contributed by atoms with Crippen LogP contribution in [0.4, 0.5) is 0 Å². The lowest BCUT2D eigenvalue weighted by Gasteiger charge is -2.49. The molecule has 0 saturated carbocycles. The monoisotopic (exact) mass is 425 g/mol. The third-order valence-corrected chi connectivity index (χ3v) is 8.66. The Morgan fingerprint density at radius 3 is 2.80 bits per heavy atom. The van der Waals surface area contributed by atoms with Gasteiger partial charge in [-0.25, -0.2) is 8.42 Å². The first-order valence-electron chi connectivity index (χ1n) is 9.87. The molecule has 1 atom stereocenters. The zero-order valence-corrected chi connectivity index (χ0v) is 17.6. The highest BCUT2D eigenvalue weighted by atomic mass is 32.2. The van der Waals surface area contributed by atoms with E-state index in [1.54, 1.807) is 23.1 Å². The average Bonchev–Trinajstić information content (AvgIpc) is 2.97. The van der Waals surface area contributed by atoms with Gasteiger partial charge in [0.15, 0.2) is 9.84 Å². The number of carbonyl (C=O) groups is 1. The van der Waals surface area contributed by atoms with Gasteiger partial charge in [-0.2, -0.15) is 5.26 Å².